The van der Waals surface area contributed by atoms with E-state index >= 15 is 0 Å². The smallest absolute Gasteiger partial charge is 0.251 e. The van der Waals surface area contributed by atoms with Crippen molar-refractivity contribution >= 4 is 23.2 Å². The number of fused-ring (bicyclic) bond motifs is 1. The summed E-state index contributed by atoms with van der Waals surface area (Å²) in [6, 6.07) is 12.5. The van der Waals surface area contributed by atoms with Crippen LogP contribution in [0.5, 0.6) is 11.5 Å². The molecule has 1 N–H and O–H groups in total. The largest absolute Gasteiger partial charge is 0.448 e. The molecule has 1 spiro atoms. The summed E-state index contributed by atoms with van der Waals surface area (Å²) < 4.78 is 12.0. The maximum Gasteiger partial charge on any atom is 0.251 e. The molecular weight excluding hydrogens is 394 g/mol. The number of ether oxygens (including phenoxy) is 2. The van der Waals surface area contributed by atoms with Gasteiger partial charge in [0.25, 0.3) is 5.79 Å². The Hall–Kier alpha value is -3.13. The quantitative estimate of drug-likeness (QED) is 0.704. The molecule has 1 aliphatic heterocycles. The van der Waals surface area contributed by atoms with Crippen LogP contribution in [0.2, 0.25) is 5.02 Å². The first-order chi connectivity index (χ1) is 14.1. The van der Waals surface area contributed by atoms with Crippen LogP contribution in [0, 0.1) is 0 Å². The highest BCUT2D eigenvalue weighted by atomic mass is 35.5. The van der Waals surface area contributed by atoms with Crippen LogP contribution in [-0.4, -0.2) is 31.9 Å². The predicted molar refractivity (Wildman–Crippen MR) is 106 cm³/mol. The van der Waals surface area contributed by atoms with Crippen LogP contribution >= 0.6 is 11.6 Å². The molecule has 9 heteroatoms. The molecule has 148 valence electrons. The monoisotopic (exact) mass is 411 g/mol. The Balaban J connectivity index is 1.24. The lowest BCUT2D eigenvalue weighted by atomic mass is 10.2. The van der Waals surface area contributed by atoms with E-state index in [2.05, 4.69) is 20.7 Å². The van der Waals surface area contributed by atoms with E-state index < -0.39 is 5.79 Å². The summed E-state index contributed by atoms with van der Waals surface area (Å²) in [7, 11) is 0. The van der Waals surface area contributed by atoms with Crippen molar-refractivity contribution in [1.82, 2.24) is 20.2 Å². The number of hydrogen-bond donors (Lipinski definition) is 1. The van der Waals surface area contributed by atoms with Gasteiger partial charge in [-0.05, 0) is 54.5 Å². The molecule has 0 bridgehead atoms. The van der Waals surface area contributed by atoms with Gasteiger partial charge in [0.05, 0.1) is 0 Å². The van der Waals surface area contributed by atoms with Gasteiger partial charge in [0.15, 0.2) is 11.5 Å². The van der Waals surface area contributed by atoms with Gasteiger partial charge in [0, 0.05) is 35.2 Å². The number of aromatic nitrogens is 4. The Morgan fingerprint density at radius 1 is 1.10 bits per heavy atom. The third kappa shape index (κ3) is 3.63. The SMILES string of the molecule is O=C(Cn1nnc(-c2ccc(Cl)cc2)n1)Nc1ccc2c(c1)OC1(CCCC1)O2. The second-order valence-corrected chi connectivity index (χ2v) is 7.62. The molecule has 1 saturated carbocycles. The van der Waals surface area contributed by atoms with Gasteiger partial charge in [-0.2, -0.15) is 4.80 Å². The van der Waals surface area contributed by atoms with Crippen LogP contribution in [0.4, 0.5) is 5.69 Å². The molecule has 29 heavy (non-hydrogen) atoms. The molecule has 0 saturated heterocycles. The minimum absolute atomic E-state index is 0.0566. The summed E-state index contributed by atoms with van der Waals surface area (Å²) in [6.07, 6.45) is 3.97. The fourth-order valence-corrected chi connectivity index (χ4v) is 3.77. The second kappa shape index (κ2) is 7.04. The zero-order valence-corrected chi connectivity index (χ0v) is 16.2. The van der Waals surface area contributed by atoms with E-state index in [0.29, 0.717) is 22.3 Å². The number of hydrogen-bond acceptors (Lipinski definition) is 6. The van der Waals surface area contributed by atoms with E-state index in [-0.39, 0.29) is 12.5 Å². The molecule has 5 rings (SSSR count). The molecule has 0 unspecified atom stereocenters. The van der Waals surface area contributed by atoms with Crippen LogP contribution in [-0.2, 0) is 11.3 Å². The van der Waals surface area contributed by atoms with Gasteiger partial charge < -0.3 is 14.8 Å². The van der Waals surface area contributed by atoms with E-state index in [9.17, 15) is 4.79 Å². The summed E-state index contributed by atoms with van der Waals surface area (Å²) in [6.45, 7) is -0.0566. The van der Waals surface area contributed by atoms with E-state index in [0.717, 1.165) is 37.0 Å². The summed E-state index contributed by atoms with van der Waals surface area (Å²) in [5.41, 5.74) is 1.41. The minimum Gasteiger partial charge on any atom is -0.448 e. The van der Waals surface area contributed by atoms with Gasteiger partial charge in [-0.15, -0.1) is 10.2 Å². The Kier molecular flexibility index (Phi) is 4.35. The van der Waals surface area contributed by atoms with Crippen LogP contribution in [0.15, 0.2) is 42.5 Å². The summed E-state index contributed by atoms with van der Waals surface area (Å²) in [4.78, 5) is 13.6. The topological polar surface area (TPSA) is 91.2 Å². The van der Waals surface area contributed by atoms with E-state index in [4.69, 9.17) is 21.1 Å². The average molecular weight is 412 g/mol. The van der Waals surface area contributed by atoms with Crippen LogP contribution in [0.1, 0.15) is 25.7 Å². The molecule has 0 radical (unpaired) electrons. The first-order valence-electron chi connectivity index (χ1n) is 9.44. The molecule has 1 aliphatic carbocycles. The number of rotatable bonds is 4. The number of nitrogens with zero attached hydrogens (tertiary/aromatic N) is 4. The number of carbonyl (C=O) groups is 1. The van der Waals surface area contributed by atoms with Crippen LogP contribution in [0.3, 0.4) is 0 Å². The van der Waals surface area contributed by atoms with Crippen molar-refractivity contribution < 1.29 is 14.3 Å². The zero-order valence-electron chi connectivity index (χ0n) is 15.5. The van der Waals surface area contributed by atoms with Gasteiger partial charge in [0.2, 0.25) is 11.7 Å². The first-order valence-corrected chi connectivity index (χ1v) is 9.82. The maximum absolute atomic E-state index is 12.4. The zero-order chi connectivity index (χ0) is 19.8. The van der Waals surface area contributed by atoms with Crippen molar-refractivity contribution in [2.45, 2.75) is 38.0 Å². The third-order valence-electron chi connectivity index (χ3n) is 5.03. The second-order valence-electron chi connectivity index (χ2n) is 7.18. The molecule has 2 aliphatic rings. The fourth-order valence-electron chi connectivity index (χ4n) is 3.64. The predicted octanol–water partition coefficient (Wildman–Crippen LogP) is 3.67. The van der Waals surface area contributed by atoms with Crippen molar-refractivity contribution in [3.63, 3.8) is 0 Å². The highest BCUT2D eigenvalue weighted by Gasteiger charge is 2.44. The normalized spacial score (nSPS) is 16.3. The molecule has 2 heterocycles. The molecule has 1 aromatic heterocycles. The number of nitrogens with one attached hydrogen (secondary N) is 1. The lowest BCUT2D eigenvalue weighted by Gasteiger charge is -2.21. The highest BCUT2D eigenvalue weighted by molar-refractivity contribution is 6.30. The van der Waals surface area contributed by atoms with Crippen molar-refractivity contribution in [2.75, 3.05) is 5.32 Å². The summed E-state index contributed by atoms with van der Waals surface area (Å²) >= 11 is 5.89. The fraction of sp³-hybridized carbons (Fsp3) is 0.300. The van der Waals surface area contributed by atoms with Crippen molar-refractivity contribution in [1.29, 1.82) is 0 Å². The third-order valence-corrected chi connectivity index (χ3v) is 5.28. The van der Waals surface area contributed by atoms with Gasteiger partial charge in [0.1, 0.15) is 6.54 Å². The molecular formula is C20H18ClN5O3. The maximum atomic E-state index is 12.4. The molecule has 1 fully saturated rings. The van der Waals surface area contributed by atoms with Crippen molar-refractivity contribution in [3.8, 4) is 22.9 Å². The number of carbonyl (C=O) groups excluding carboxylic acids is 1. The Morgan fingerprint density at radius 3 is 2.66 bits per heavy atom. The molecule has 8 nitrogen and oxygen atoms in total. The van der Waals surface area contributed by atoms with E-state index in [1.54, 1.807) is 36.4 Å². The highest BCUT2D eigenvalue weighted by Crippen LogP contribution is 2.47. The van der Waals surface area contributed by atoms with Crippen LogP contribution in [0.25, 0.3) is 11.4 Å². The molecule has 1 amide bonds. The standard InChI is InChI=1S/C20H18ClN5O3/c21-14-5-3-13(4-6-14)19-23-25-26(24-19)12-18(27)22-15-7-8-16-17(11-15)29-20(28-16)9-1-2-10-20/h3-8,11H,1-2,9-10,12H2,(H,22,27). The minimum atomic E-state index is -0.520. The Morgan fingerprint density at radius 2 is 1.86 bits per heavy atom. The van der Waals surface area contributed by atoms with Gasteiger partial charge in [-0.3, -0.25) is 4.79 Å². The van der Waals surface area contributed by atoms with Gasteiger partial charge in [-0.25, -0.2) is 0 Å². The van der Waals surface area contributed by atoms with E-state index in [1.165, 1.54) is 4.80 Å². The van der Waals surface area contributed by atoms with Crippen molar-refractivity contribution in [3.05, 3.63) is 47.5 Å². The number of anilines is 1. The Bertz CT molecular complexity index is 1060. The summed E-state index contributed by atoms with van der Waals surface area (Å²) in [5, 5.41) is 15.6. The summed E-state index contributed by atoms with van der Waals surface area (Å²) in [5.74, 6) is 1.02. The van der Waals surface area contributed by atoms with Crippen molar-refractivity contribution in [2.24, 2.45) is 0 Å². The van der Waals surface area contributed by atoms with Gasteiger partial charge in [-0.1, -0.05) is 11.6 Å². The lowest BCUT2D eigenvalue weighted by molar-refractivity contribution is -0.117. The first kappa shape index (κ1) is 17.9. The number of halogens is 1. The molecule has 0 atom stereocenters. The number of amides is 1. The number of benzene rings is 2. The van der Waals surface area contributed by atoms with Gasteiger partial charge >= 0.3 is 0 Å². The average Bonchev–Trinajstić information content (AvgIpc) is 3.42. The lowest BCUT2D eigenvalue weighted by Crippen LogP contribution is -2.34. The van der Waals surface area contributed by atoms with Crippen LogP contribution < -0.4 is 14.8 Å². The Labute approximate surface area is 171 Å². The van der Waals surface area contributed by atoms with E-state index in [1.807, 2.05) is 6.07 Å². The number of tetrazole rings is 1. The molecule has 2 aromatic carbocycles. The molecule has 3 aromatic rings.